The van der Waals surface area contributed by atoms with Gasteiger partial charge in [-0.2, -0.15) is 0 Å². The molecule has 2 aromatic carbocycles. The van der Waals surface area contributed by atoms with Crippen LogP contribution in [0.5, 0.6) is 5.75 Å². The van der Waals surface area contributed by atoms with Gasteiger partial charge in [0.15, 0.2) is 17.4 Å². The third-order valence-electron chi connectivity index (χ3n) is 5.38. The van der Waals surface area contributed by atoms with Crippen LogP contribution in [0, 0.1) is 11.6 Å². The number of thiophene rings is 1. The molecule has 5 heteroatoms. The molecule has 164 valence electrons. The van der Waals surface area contributed by atoms with E-state index in [0.29, 0.717) is 20.9 Å². The topological polar surface area (TPSA) is 9.23 Å². The molecule has 1 nitrogen and oxygen atoms in total. The second kappa shape index (κ2) is 11.9. The lowest BCUT2D eigenvalue weighted by Crippen LogP contribution is -1.99. The Hall–Kier alpha value is -1.33. The van der Waals surface area contributed by atoms with Crippen molar-refractivity contribution in [3.63, 3.8) is 0 Å². The largest absolute Gasteiger partial charge is 0.490 e. The summed E-state index contributed by atoms with van der Waals surface area (Å²) in [4.78, 5) is 0.662. The van der Waals surface area contributed by atoms with E-state index >= 15 is 8.78 Å². The Morgan fingerprint density at radius 2 is 1.40 bits per heavy atom. The van der Waals surface area contributed by atoms with Crippen molar-refractivity contribution in [2.45, 2.75) is 76.5 Å². The van der Waals surface area contributed by atoms with E-state index in [1.54, 1.807) is 17.8 Å². The highest BCUT2D eigenvalue weighted by atomic mass is 32.2. The van der Waals surface area contributed by atoms with Gasteiger partial charge < -0.3 is 4.74 Å². The highest BCUT2D eigenvalue weighted by Crippen LogP contribution is 2.41. The number of ether oxygens (including phenoxy) is 1. The molecule has 1 aromatic heterocycles. The molecule has 0 saturated heterocycles. The summed E-state index contributed by atoms with van der Waals surface area (Å²) in [6, 6.07) is 7.32. The maximum Gasteiger partial charge on any atom is 0.182 e. The van der Waals surface area contributed by atoms with Gasteiger partial charge in [0, 0.05) is 15.7 Å². The lowest BCUT2D eigenvalue weighted by Gasteiger charge is -2.07. The van der Waals surface area contributed by atoms with E-state index in [-0.39, 0.29) is 17.4 Å². The first kappa shape index (κ1) is 23.3. The van der Waals surface area contributed by atoms with Crippen molar-refractivity contribution in [1.82, 2.24) is 0 Å². The fourth-order valence-electron chi connectivity index (χ4n) is 3.62. The molecule has 0 spiro atoms. The SMILES string of the molecule is CCCCCCCOc1ccc2c(sc3c(F)c(SCCCCCC)ccc32)c1F. The van der Waals surface area contributed by atoms with Gasteiger partial charge in [0.1, 0.15) is 0 Å². The lowest BCUT2D eigenvalue weighted by atomic mass is 10.1. The van der Waals surface area contributed by atoms with E-state index < -0.39 is 0 Å². The number of rotatable bonds is 13. The van der Waals surface area contributed by atoms with Crippen molar-refractivity contribution in [2.75, 3.05) is 12.4 Å². The van der Waals surface area contributed by atoms with Crippen LogP contribution in [0.4, 0.5) is 8.78 Å². The molecule has 0 unspecified atom stereocenters. The van der Waals surface area contributed by atoms with Crippen LogP contribution >= 0.6 is 23.1 Å². The predicted octanol–water partition coefficient (Wildman–Crippen LogP) is 9.35. The molecule has 0 aliphatic heterocycles. The summed E-state index contributed by atoms with van der Waals surface area (Å²) >= 11 is 2.76. The Morgan fingerprint density at radius 3 is 2.13 bits per heavy atom. The van der Waals surface area contributed by atoms with Gasteiger partial charge in [0.05, 0.1) is 16.0 Å². The van der Waals surface area contributed by atoms with Gasteiger partial charge in [-0.15, -0.1) is 23.1 Å². The molecule has 1 heterocycles. The minimum Gasteiger partial charge on any atom is -0.490 e. The van der Waals surface area contributed by atoms with Crippen LogP contribution < -0.4 is 4.74 Å². The Kier molecular flexibility index (Phi) is 9.26. The molecule has 0 bridgehead atoms. The van der Waals surface area contributed by atoms with Gasteiger partial charge in [-0.25, -0.2) is 8.78 Å². The summed E-state index contributed by atoms with van der Waals surface area (Å²) in [7, 11) is 0. The van der Waals surface area contributed by atoms with Gasteiger partial charge in [-0.05, 0) is 36.8 Å². The van der Waals surface area contributed by atoms with E-state index in [9.17, 15) is 0 Å². The van der Waals surface area contributed by atoms with E-state index in [4.69, 9.17) is 4.74 Å². The van der Waals surface area contributed by atoms with E-state index in [2.05, 4.69) is 13.8 Å². The van der Waals surface area contributed by atoms with Crippen LogP contribution in [0.2, 0.25) is 0 Å². The van der Waals surface area contributed by atoms with Crippen molar-refractivity contribution >= 4 is 43.3 Å². The molecule has 0 aliphatic rings. The number of hydrogen-bond acceptors (Lipinski definition) is 3. The maximum atomic E-state index is 15.1. The molecule has 0 atom stereocenters. The normalized spacial score (nSPS) is 11.6. The van der Waals surface area contributed by atoms with Crippen LogP contribution in [0.1, 0.15) is 71.6 Å². The van der Waals surface area contributed by atoms with Crippen LogP contribution in [-0.4, -0.2) is 12.4 Å². The van der Waals surface area contributed by atoms with Crippen LogP contribution in [0.15, 0.2) is 29.2 Å². The third kappa shape index (κ3) is 5.67. The molecular weight excluding hydrogens is 418 g/mol. The number of halogens is 2. The highest BCUT2D eigenvalue weighted by Gasteiger charge is 2.18. The average molecular weight is 451 g/mol. The second-order valence-electron chi connectivity index (χ2n) is 7.78. The van der Waals surface area contributed by atoms with Gasteiger partial charge in [0.25, 0.3) is 0 Å². The zero-order valence-corrected chi connectivity index (χ0v) is 19.7. The summed E-state index contributed by atoms with van der Waals surface area (Å²) in [6.45, 7) is 4.89. The highest BCUT2D eigenvalue weighted by molar-refractivity contribution is 7.99. The van der Waals surface area contributed by atoms with Gasteiger partial charge in [0.2, 0.25) is 0 Å². The van der Waals surface area contributed by atoms with E-state index in [0.717, 1.165) is 35.8 Å². The summed E-state index contributed by atoms with van der Waals surface area (Å²) in [6.07, 6.45) is 10.3. The molecule has 30 heavy (non-hydrogen) atoms. The van der Waals surface area contributed by atoms with Crippen LogP contribution in [-0.2, 0) is 0 Å². The van der Waals surface area contributed by atoms with Crippen molar-refractivity contribution in [3.8, 4) is 5.75 Å². The first-order valence-corrected chi connectivity index (χ1v) is 13.1. The number of hydrogen-bond donors (Lipinski definition) is 0. The summed E-state index contributed by atoms with van der Waals surface area (Å²) in [5, 5.41) is 1.55. The summed E-state index contributed by atoms with van der Waals surface area (Å²) in [5.74, 6) is 0.607. The minimum absolute atomic E-state index is 0.216. The second-order valence-corrected chi connectivity index (χ2v) is 9.94. The fraction of sp³-hybridized carbons (Fsp3) is 0.520. The molecule has 0 amide bonds. The Morgan fingerprint density at radius 1 is 0.767 bits per heavy atom. The number of thioether (sulfide) groups is 1. The lowest BCUT2D eigenvalue weighted by molar-refractivity contribution is 0.291. The summed E-state index contributed by atoms with van der Waals surface area (Å²) in [5.41, 5.74) is 0. The van der Waals surface area contributed by atoms with E-state index in [1.165, 1.54) is 49.9 Å². The molecule has 0 aliphatic carbocycles. The smallest absolute Gasteiger partial charge is 0.182 e. The Bertz CT molecular complexity index is 951. The van der Waals surface area contributed by atoms with Gasteiger partial charge >= 0.3 is 0 Å². The van der Waals surface area contributed by atoms with Crippen molar-refractivity contribution in [2.24, 2.45) is 0 Å². The maximum absolute atomic E-state index is 15.1. The van der Waals surface area contributed by atoms with Crippen LogP contribution in [0.3, 0.4) is 0 Å². The predicted molar refractivity (Wildman–Crippen MR) is 128 cm³/mol. The van der Waals surface area contributed by atoms with Crippen molar-refractivity contribution in [3.05, 3.63) is 35.9 Å². The molecule has 0 fully saturated rings. The van der Waals surface area contributed by atoms with Gasteiger partial charge in [-0.3, -0.25) is 0 Å². The number of fused-ring (bicyclic) bond motifs is 3. The van der Waals surface area contributed by atoms with Crippen LogP contribution in [0.25, 0.3) is 20.2 Å². The molecule has 3 aromatic rings. The average Bonchev–Trinajstić information content (AvgIpc) is 3.14. The Labute approximate surface area is 187 Å². The molecule has 0 radical (unpaired) electrons. The zero-order chi connectivity index (χ0) is 21.3. The van der Waals surface area contributed by atoms with Crippen molar-refractivity contribution < 1.29 is 13.5 Å². The minimum atomic E-state index is -0.365. The monoisotopic (exact) mass is 450 g/mol. The fourth-order valence-corrected chi connectivity index (χ4v) is 5.82. The standard InChI is InChI=1S/C25H32F2OS2/c1-3-5-7-9-10-16-28-20-14-12-18-19-13-15-21(29-17-11-8-6-4-2)23(27)25(19)30-24(18)22(20)26/h12-15H,3-11,16-17H2,1-2H3. The Balaban J connectivity index is 1.73. The molecule has 3 rings (SSSR count). The molecule has 0 saturated carbocycles. The molecule has 0 N–H and O–H groups in total. The summed E-state index contributed by atoms with van der Waals surface area (Å²) < 4.78 is 36.9. The zero-order valence-electron chi connectivity index (χ0n) is 18.1. The van der Waals surface area contributed by atoms with Gasteiger partial charge in [-0.1, -0.05) is 64.9 Å². The number of benzene rings is 2. The number of unbranched alkanes of at least 4 members (excludes halogenated alkanes) is 7. The first-order valence-electron chi connectivity index (χ1n) is 11.3. The quantitative estimate of drug-likeness (QED) is 0.189. The molecular formula is C25H32F2OS2. The van der Waals surface area contributed by atoms with Crippen molar-refractivity contribution in [1.29, 1.82) is 0 Å². The first-order chi connectivity index (χ1) is 14.7. The third-order valence-corrected chi connectivity index (χ3v) is 7.70. The van der Waals surface area contributed by atoms with E-state index in [1.807, 2.05) is 18.2 Å².